The summed E-state index contributed by atoms with van der Waals surface area (Å²) >= 11 is 3.43. The van der Waals surface area contributed by atoms with Crippen molar-refractivity contribution in [3.63, 3.8) is 0 Å². The number of carbonyl (C=O) groups is 1. The van der Waals surface area contributed by atoms with E-state index in [1.807, 2.05) is 45.0 Å². The van der Waals surface area contributed by atoms with Crippen LogP contribution in [0.1, 0.15) is 45.6 Å². The van der Waals surface area contributed by atoms with Gasteiger partial charge in [-0.05, 0) is 51.3 Å². The lowest BCUT2D eigenvalue weighted by atomic mass is 9.82. The van der Waals surface area contributed by atoms with Crippen molar-refractivity contribution in [3.8, 4) is 0 Å². The van der Waals surface area contributed by atoms with E-state index in [1.165, 1.54) is 0 Å². The predicted octanol–water partition coefficient (Wildman–Crippen LogP) is 3.32. The van der Waals surface area contributed by atoms with Crippen LogP contribution in [0.2, 0.25) is 0 Å². The minimum absolute atomic E-state index is 0.0387. The van der Waals surface area contributed by atoms with Gasteiger partial charge in [0.15, 0.2) is 0 Å². The third-order valence-electron chi connectivity index (χ3n) is 4.54. The molecule has 0 spiro atoms. The molecule has 1 aliphatic rings. The van der Waals surface area contributed by atoms with E-state index in [9.17, 15) is 4.79 Å². The number of halogens is 1. The van der Waals surface area contributed by atoms with E-state index in [0.29, 0.717) is 0 Å². The molecule has 1 amide bonds. The minimum atomic E-state index is -0.438. The van der Waals surface area contributed by atoms with E-state index in [4.69, 9.17) is 5.73 Å². The zero-order valence-electron chi connectivity index (χ0n) is 12.4. The van der Waals surface area contributed by atoms with Gasteiger partial charge in [-0.2, -0.15) is 0 Å². The van der Waals surface area contributed by atoms with Gasteiger partial charge in [-0.25, -0.2) is 0 Å². The monoisotopic (exact) mass is 338 g/mol. The van der Waals surface area contributed by atoms with Crippen molar-refractivity contribution < 1.29 is 4.79 Å². The van der Waals surface area contributed by atoms with Gasteiger partial charge in [-0.15, -0.1) is 0 Å². The Morgan fingerprint density at radius 3 is 2.50 bits per heavy atom. The third kappa shape index (κ3) is 2.91. The molecule has 20 heavy (non-hydrogen) atoms. The molecule has 0 radical (unpaired) electrons. The molecular weight excluding hydrogens is 316 g/mol. The summed E-state index contributed by atoms with van der Waals surface area (Å²) in [5, 5.41) is 3.17. The highest BCUT2D eigenvalue weighted by molar-refractivity contribution is 9.10. The first-order valence-electron chi connectivity index (χ1n) is 7.10. The molecule has 1 aromatic carbocycles. The van der Waals surface area contributed by atoms with Crippen LogP contribution in [0.25, 0.3) is 0 Å². The van der Waals surface area contributed by atoms with E-state index in [-0.39, 0.29) is 11.9 Å². The van der Waals surface area contributed by atoms with Crippen LogP contribution in [0.15, 0.2) is 28.7 Å². The summed E-state index contributed by atoms with van der Waals surface area (Å²) in [6.45, 7) is 6.04. The summed E-state index contributed by atoms with van der Waals surface area (Å²) in [6.07, 6.45) is 2.84. The summed E-state index contributed by atoms with van der Waals surface area (Å²) in [5.41, 5.74) is 6.37. The van der Waals surface area contributed by atoms with Crippen LogP contribution in [0.4, 0.5) is 0 Å². The molecule has 1 fully saturated rings. The fourth-order valence-electron chi connectivity index (χ4n) is 2.84. The number of benzene rings is 1. The lowest BCUT2D eigenvalue weighted by molar-refractivity contribution is -0.132. The minimum Gasteiger partial charge on any atom is -0.347 e. The Morgan fingerprint density at radius 2 is 2.00 bits per heavy atom. The Morgan fingerprint density at radius 1 is 1.40 bits per heavy atom. The molecule has 3 N–H and O–H groups in total. The molecular formula is C16H23BrN2O. The van der Waals surface area contributed by atoms with Crippen LogP contribution in [0.3, 0.4) is 0 Å². The van der Waals surface area contributed by atoms with Gasteiger partial charge in [0.2, 0.25) is 5.91 Å². The zero-order valence-corrected chi connectivity index (χ0v) is 14.0. The van der Waals surface area contributed by atoms with Crippen molar-refractivity contribution in [1.82, 2.24) is 5.32 Å². The first kappa shape index (κ1) is 15.5. The number of amides is 1. The van der Waals surface area contributed by atoms with E-state index in [2.05, 4.69) is 21.2 Å². The average molecular weight is 339 g/mol. The summed E-state index contributed by atoms with van der Waals surface area (Å²) in [6, 6.07) is 8.00. The summed E-state index contributed by atoms with van der Waals surface area (Å²) in [5.74, 6) is 0.0652. The van der Waals surface area contributed by atoms with Crippen LogP contribution in [-0.2, 0) is 10.3 Å². The molecule has 110 valence electrons. The number of hydrogen-bond acceptors (Lipinski definition) is 2. The Hall–Kier alpha value is -0.870. The quantitative estimate of drug-likeness (QED) is 0.888. The van der Waals surface area contributed by atoms with Crippen LogP contribution in [0.5, 0.6) is 0 Å². The Bertz CT molecular complexity index is 498. The fourth-order valence-corrected chi connectivity index (χ4v) is 3.10. The van der Waals surface area contributed by atoms with Crippen LogP contribution in [0, 0.1) is 5.41 Å². The molecule has 0 heterocycles. The predicted molar refractivity (Wildman–Crippen MR) is 85.2 cm³/mol. The second-order valence-corrected chi connectivity index (χ2v) is 7.42. The van der Waals surface area contributed by atoms with Crippen molar-refractivity contribution in [3.05, 3.63) is 34.3 Å². The van der Waals surface area contributed by atoms with Crippen molar-refractivity contribution >= 4 is 21.8 Å². The van der Waals surface area contributed by atoms with Gasteiger partial charge in [0.05, 0.1) is 11.0 Å². The van der Waals surface area contributed by atoms with Gasteiger partial charge in [0.1, 0.15) is 0 Å². The Labute approximate surface area is 129 Å². The summed E-state index contributed by atoms with van der Waals surface area (Å²) < 4.78 is 1.04. The van der Waals surface area contributed by atoms with Gasteiger partial charge >= 0.3 is 0 Å². The molecule has 0 saturated heterocycles. The summed E-state index contributed by atoms with van der Waals surface area (Å²) in [7, 11) is 0. The number of nitrogens with two attached hydrogens (primary N) is 1. The molecule has 1 saturated carbocycles. The number of carbonyl (C=O) groups excluding carboxylic acids is 1. The molecule has 0 aliphatic heterocycles. The number of hydrogen-bond donors (Lipinski definition) is 2. The molecule has 2 unspecified atom stereocenters. The first-order valence-corrected chi connectivity index (χ1v) is 7.89. The SMILES string of the molecule is CC(C)(NC(=O)C1(C)CCCC1N)c1ccc(Br)cc1. The van der Waals surface area contributed by atoms with E-state index < -0.39 is 11.0 Å². The molecule has 2 atom stereocenters. The zero-order chi connectivity index (χ0) is 15.0. The van der Waals surface area contributed by atoms with Gasteiger partial charge < -0.3 is 11.1 Å². The lowest BCUT2D eigenvalue weighted by Crippen LogP contribution is -2.52. The van der Waals surface area contributed by atoms with Gasteiger partial charge in [0.25, 0.3) is 0 Å². The topological polar surface area (TPSA) is 55.1 Å². The molecule has 1 aliphatic carbocycles. The van der Waals surface area contributed by atoms with Crippen molar-refractivity contribution in [2.24, 2.45) is 11.1 Å². The maximum absolute atomic E-state index is 12.6. The number of rotatable bonds is 3. The lowest BCUT2D eigenvalue weighted by Gasteiger charge is -2.34. The van der Waals surface area contributed by atoms with E-state index >= 15 is 0 Å². The van der Waals surface area contributed by atoms with Crippen LogP contribution < -0.4 is 11.1 Å². The third-order valence-corrected chi connectivity index (χ3v) is 5.07. The van der Waals surface area contributed by atoms with Crippen molar-refractivity contribution in [2.75, 3.05) is 0 Å². The van der Waals surface area contributed by atoms with Crippen LogP contribution >= 0.6 is 15.9 Å². The van der Waals surface area contributed by atoms with Gasteiger partial charge in [-0.3, -0.25) is 4.79 Å². The smallest absolute Gasteiger partial charge is 0.228 e. The standard InChI is InChI=1S/C16H23BrN2O/c1-15(2,11-6-8-12(17)9-7-11)19-14(20)16(3)10-4-5-13(16)18/h6-9,13H,4-5,10,18H2,1-3H3,(H,19,20). The van der Waals surface area contributed by atoms with E-state index in [1.54, 1.807) is 0 Å². The molecule has 3 nitrogen and oxygen atoms in total. The normalized spacial score (nSPS) is 26.6. The highest BCUT2D eigenvalue weighted by atomic mass is 79.9. The molecule has 1 aromatic rings. The van der Waals surface area contributed by atoms with Gasteiger partial charge in [0, 0.05) is 10.5 Å². The maximum atomic E-state index is 12.6. The average Bonchev–Trinajstić information content (AvgIpc) is 2.71. The molecule has 0 bridgehead atoms. The second-order valence-electron chi connectivity index (χ2n) is 6.50. The summed E-state index contributed by atoms with van der Waals surface area (Å²) in [4.78, 5) is 12.6. The van der Waals surface area contributed by atoms with Gasteiger partial charge in [-0.1, -0.05) is 34.5 Å². The van der Waals surface area contributed by atoms with E-state index in [0.717, 1.165) is 29.3 Å². The molecule has 2 rings (SSSR count). The highest BCUT2D eigenvalue weighted by Gasteiger charge is 2.44. The largest absolute Gasteiger partial charge is 0.347 e. The Balaban J connectivity index is 2.15. The molecule has 4 heteroatoms. The van der Waals surface area contributed by atoms with Crippen LogP contribution in [-0.4, -0.2) is 11.9 Å². The first-order chi connectivity index (χ1) is 9.25. The Kier molecular flexibility index (Phi) is 4.26. The maximum Gasteiger partial charge on any atom is 0.228 e. The second kappa shape index (κ2) is 5.49. The van der Waals surface area contributed by atoms with Crippen molar-refractivity contribution in [2.45, 2.75) is 51.6 Å². The highest BCUT2D eigenvalue weighted by Crippen LogP contribution is 2.38. The molecule has 0 aromatic heterocycles. The fraction of sp³-hybridized carbons (Fsp3) is 0.562. The van der Waals surface area contributed by atoms with Crippen molar-refractivity contribution in [1.29, 1.82) is 0 Å². The number of nitrogens with one attached hydrogen (secondary N) is 1.